The fourth-order valence-corrected chi connectivity index (χ4v) is 1.68. The van der Waals surface area contributed by atoms with Crippen LogP contribution < -0.4 is 0 Å². The van der Waals surface area contributed by atoms with Gasteiger partial charge in [-0.05, 0) is 12.1 Å². The van der Waals surface area contributed by atoms with Gasteiger partial charge in [-0.15, -0.1) is 12.6 Å². The number of hydrogen-bond acceptors (Lipinski definition) is 3. The summed E-state index contributed by atoms with van der Waals surface area (Å²) in [5.41, 5.74) is 0.122. The minimum atomic E-state index is -2.72. The number of carbonyl (C=O) groups excluding carboxylic acids is 1. The summed E-state index contributed by atoms with van der Waals surface area (Å²) in [4.78, 5) is 10.8. The molecule has 64 valence electrons. The van der Waals surface area contributed by atoms with E-state index in [0.717, 1.165) is 0 Å². The number of benzene rings is 1. The highest BCUT2D eigenvalue weighted by Gasteiger charge is 2.07. The summed E-state index contributed by atoms with van der Waals surface area (Å²) < 4.78 is 21.2. The minimum absolute atomic E-state index is 0.0208. The summed E-state index contributed by atoms with van der Waals surface area (Å²) in [5.74, 6) is 0. The Kier molecular flexibility index (Phi) is 2.88. The van der Waals surface area contributed by atoms with E-state index in [0.29, 0.717) is 0 Å². The van der Waals surface area contributed by atoms with Crippen molar-refractivity contribution in [1.82, 2.24) is 0 Å². The maximum Gasteiger partial charge on any atom is 0.217 e. The summed E-state index contributed by atoms with van der Waals surface area (Å²) in [7, 11) is -2.72. The van der Waals surface area contributed by atoms with Gasteiger partial charge in [0.2, 0.25) is 5.12 Å². The first kappa shape index (κ1) is 9.28. The van der Waals surface area contributed by atoms with Crippen LogP contribution in [0.2, 0.25) is 0 Å². The van der Waals surface area contributed by atoms with E-state index in [4.69, 9.17) is 0 Å². The zero-order valence-corrected chi connectivity index (χ0v) is 7.72. The molecule has 0 aromatic heterocycles. The van der Waals surface area contributed by atoms with Crippen LogP contribution in [0.25, 0.3) is 0 Å². The van der Waals surface area contributed by atoms with Crippen LogP contribution in [-0.4, -0.2) is 13.5 Å². The molecule has 0 spiro atoms. The first-order chi connectivity index (χ1) is 5.63. The lowest BCUT2D eigenvalue weighted by molar-refractivity contribution is 0.108. The van der Waals surface area contributed by atoms with Crippen LogP contribution in [0.1, 0.15) is 10.4 Å². The van der Waals surface area contributed by atoms with Crippen molar-refractivity contribution in [2.75, 3.05) is 0 Å². The second kappa shape index (κ2) is 3.73. The standard InChI is InChI=1S/C7H6O3S2/c8-7(11)5-3-1-2-4-6(5)12(9)10/h1-4,12H,(H,8,11). The lowest BCUT2D eigenvalue weighted by Crippen LogP contribution is -1.94. The quantitative estimate of drug-likeness (QED) is 0.695. The molecule has 0 unspecified atom stereocenters. The molecule has 0 aliphatic rings. The smallest absolute Gasteiger partial charge is 0.217 e. The fraction of sp³-hybridized carbons (Fsp3) is 0. The van der Waals surface area contributed by atoms with Crippen LogP contribution in [0.3, 0.4) is 0 Å². The second-order valence-corrected chi connectivity index (χ2v) is 3.48. The Hall–Kier alpha value is -0.810. The molecule has 1 aromatic carbocycles. The van der Waals surface area contributed by atoms with E-state index in [1.54, 1.807) is 12.1 Å². The number of carbonyl (C=O) groups is 1. The van der Waals surface area contributed by atoms with Crippen molar-refractivity contribution < 1.29 is 13.2 Å². The fourth-order valence-electron chi connectivity index (χ4n) is 0.814. The molecular formula is C7H6O3S2. The van der Waals surface area contributed by atoms with Gasteiger partial charge in [0.25, 0.3) is 0 Å². The molecule has 12 heavy (non-hydrogen) atoms. The lowest BCUT2D eigenvalue weighted by Gasteiger charge is -1.96. The van der Waals surface area contributed by atoms with Gasteiger partial charge in [0.05, 0.1) is 4.90 Å². The first-order valence-corrected chi connectivity index (χ1v) is 4.72. The van der Waals surface area contributed by atoms with Crippen molar-refractivity contribution >= 4 is 28.4 Å². The average molecular weight is 202 g/mol. The second-order valence-electron chi connectivity index (χ2n) is 2.08. The maximum absolute atomic E-state index is 10.8. The predicted octanol–water partition coefficient (Wildman–Crippen LogP) is 0.727. The Labute approximate surface area is 76.8 Å². The van der Waals surface area contributed by atoms with E-state index in [9.17, 15) is 13.2 Å². The molecule has 0 bridgehead atoms. The maximum atomic E-state index is 10.8. The molecule has 0 heterocycles. The van der Waals surface area contributed by atoms with Crippen LogP contribution in [0, 0.1) is 0 Å². The van der Waals surface area contributed by atoms with E-state index in [1.165, 1.54) is 12.1 Å². The molecule has 0 radical (unpaired) electrons. The van der Waals surface area contributed by atoms with Gasteiger partial charge in [-0.3, -0.25) is 4.79 Å². The zero-order valence-electron chi connectivity index (χ0n) is 5.93. The third kappa shape index (κ3) is 1.86. The first-order valence-electron chi connectivity index (χ1n) is 3.09. The van der Waals surface area contributed by atoms with Crippen LogP contribution in [0.15, 0.2) is 29.2 Å². The minimum Gasteiger partial charge on any atom is -0.282 e. The van der Waals surface area contributed by atoms with E-state index < -0.39 is 15.8 Å². The highest BCUT2D eigenvalue weighted by Crippen LogP contribution is 2.11. The Morgan fingerprint density at radius 3 is 2.25 bits per heavy atom. The molecule has 0 saturated carbocycles. The summed E-state index contributed by atoms with van der Waals surface area (Å²) >= 11 is 3.55. The van der Waals surface area contributed by atoms with E-state index in [-0.39, 0.29) is 10.5 Å². The van der Waals surface area contributed by atoms with Gasteiger partial charge in [-0.1, -0.05) is 12.1 Å². The van der Waals surface area contributed by atoms with Crippen molar-refractivity contribution in [3.05, 3.63) is 29.8 Å². The summed E-state index contributed by atoms with van der Waals surface area (Å²) in [6.45, 7) is 0. The van der Waals surface area contributed by atoms with Gasteiger partial charge in [-0.2, -0.15) is 0 Å². The third-order valence-corrected chi connectivity index (χ3v) is 2.36. The van der Waals surface area contributed by atoms with Crippen molar-refractivity contribution in [2.24, 2.45) is 0 Å². The largest absolute Gasteiger partial charge is 0.282 e. The molecule has 0 aliphatic heterocycles. The molecule has 0 fully saturated rings. The highest BCUT2D eigenvalue weighted by atomic mass is 32.2. The molecule has 1 aromatic rings. The van der Waals surface area contributed by atoms with Crippen LogP contribution in [0.4, 0.5) is 0 Å². The number of thiol groups is 2. The number of hydrogen-bond donors (Lipinski definition) is 2. The van der Waals surface area contributed by atoms with E-state index >= 15 is 0 Å². The van der Waals surface area contributed by atoms with Gasteiger partial charge >= 0.3 is 0 Å². The SMILES string of the molecule is O=C(S)c1ccccc1[SH](=O)=O. The van der Waals surface area contributed by atoms with E-state index in [2.05, 4.69) is 12.6 Å². The zero-order chi connectivity index (χ0) is 9.14. The molecule has 0 saturated heterocycles. The normalized spacial score (nSPS) is 10.2. The molecule has 0 amide bonds. The van der Waals surface area contributed by atoms with Gasteiger partial charge in [0.1, 0.15) is 0 Å². The Morgan fingerprint density at radius 2 is 1.83 bits per heavy atom. The van der Waals surface area contributed by atoms with Gasteiger partial charge in [-0.25, -0.2) is 8.42 Å². The van der Waals surface area contributed by atoms with Crippen LogP contribution in [-0.2, 0) is 10.7 Å². The van der Waals surface area contributed by atoms with Crippen LogP contribution in [0.5, 0.6) is 0 Å². The van der Waals surface area contributed by atoms with Crippen molar-refractivity contribution in [2.45, 2.75) is 4.90 Å². The van der Waals surface area contributed by atoms with E-state index in [1.807, 2.05) is 0 Å². The summed E-state index contributed by atoms with van der Waals surface area (Å²) in [6, 6.07) is 5.94. The van der Waals surface area contributed by atoms with Crippen LogP contribution >= 0.6 is 12.6 Å². The molecular weight excluding hydrogens is 196 g/mol. The Morgan fingerprint density at radius 1 is 1.25 bits per heavy atom. The predicted molar refractivity (Wildman–Crippen MR) is 48.3 cm³/mol. The van der Waals surface area contributed by atoms with Crippen molar-refractivity contribution in [3.63, 3.8) is 0 Å². The third-order valence-electron chi connectivity index (χ3n) is 1.33. The monoisotopic (exact) mass is 202 g/mol. The Balaban J connectivity index is 3.36. The molecule has 0 atom stereocenters. The van der Waals surface area contributed by atoms with Gasteiger partial charge < -0.3 is 0 Å². The van der Waals surface area contributed by atoms with Gasteiger partial charge in [0.15, 0.2) is 10.7 Å². The summed E-state index contributed by atoms with van der Waals surface area (Å²) in [6.07, 6.45) is 0. The molecule has 3 nitrogen and oxygen atoms in total. The van der Waals surface area contributed by atoms with Crippen molar-refractivity contribution in [1.29, 1.82) is 0 Å². The van der Waals surface area contributed by atoms with Gasteiger partial charge in [0, 0.05) is 5.56 Å². The summed E-state index contributed by atoms with van der Waals surface area (Å²) in [5, 5.41) is -0.537. The van der Waals surface area contributed by atoms with Crippen molar-refractivity contribution in [3.8, 4) is 0 Å². The average Bonchev–Trinajstić information content (AvgIpc) is 2.04. The number of rotatable bonds is 2. The molecule has 5 heteroatoms. The lowest BCUT2D eigenvalue weighted by atomic mass is 10.2. The molecule has 0 aliphatic carbocycles. The molecule has 1 rings (SSSR count). The molecule has 0 N–H and O–H groups in total. The Bertz CT molecular complexity index is 374. The highest BCUT2D eigenvalue weighted by molar-refractivity contribution is 7.97. The topological polar surface area (TPSA) is 51.2 Å².